The van der Waals surface area contributed by atoms with Gasteiger partial charge in [0.05, 0.1) is 30.2 Å². The number of amides is 1. The fraction of sp³-hybridized carbons (Fsp3) is 0.320. The SMILES string of the molecule is CCOC(=O)c1ccccc1NC(=O)CSc1nc(=O)n(Cc2cccnc2)c2c1CCCC2. The van der Waals surface area contributed by atoms with Crippen LogP contribution in [0.4, 0.5) is 5.69 Å². The Bertz CT molecular complexity index is 1240. The fourth-order valence-corrected chi connectivity index (χ4v) is 4.88. The van der Waals surface area contributed by atoms with Crippen LogP contribution in [0.5, 0.6) is 0 Å². The van der Waals surface area contributed by atoms with Crippen molar-refractivity contribution >= 4 is 29.3 Å². The first-order chi connectivity index (χ1) is 16.6. The molecule has 0 spiro atoms. The Kier molecular flexibility index (Phi) is 7.74. The van der Waals surface area contributed by atoms with E-state index in [0.29, 0.717) is 22.8 Å². The minimum Gasteiger partial charge on any atom is -0.462 e. The Labute approximate surface area is 201 Å². The molecule has 4 rings (SSSR count). The van der Waals surface area contributed by atoms with E-state index < -0.39 is 5.97 Å². The Morgan fingerprint density at radius 1 is 1.15 bits per heavy atom. The molecular formula is C25H26N4O4S. The van der Waals surface area contributed by atoms with Crippen LogP contribution in [-0.2, 0) is 28.9 Å². The number of nitrogens with one attached hydrogen (secondary N) is 1. The molecule has 0 radical (unpaired) electrons. The van der Waals surface area contributed by atoms with Gasteiger partial charge in [0, 0.05) is 23.7 Å². The summed E-state index contributed by atoms with van der Waals surface area (Å²) >= 11 is 1.25. The van der Waals surface area contributed by atoms with Crippen molar-refractivity contribution in [2.45, 2.75) is 44.2 Å². The van der Waals surface area contributed by atoms with Gasteiger partial charge in [0.2, 0.25) is 5.91 Å². The molecule has 3 aromatic rings. The number of anilines is 1. The molecule has 1 aromatic carbocycles. The summed E-state index contributed by atoms with van der Waals surface area (Å²) in [6, 6.07) is 10.5. The number of carbonyl (C=O) groups is 2. The number of para-hydroxylation sites is 1. The van der Waals surface area contributed by atoms with Gasteiger partial charge in [-0.05, 0) is 56.4 Å². The van der Waals surface area contributed by atoms with Crippen LogP contribution in [0.1, 0.15) is 46.9 Å². The third kappa shape index (κ3) is 5.53. The topological polar surface area (TPSA) is 103 Å². The summed E-state index contributed by atoms with van der Waals surface area (Å²) in [7, 11) is 0. The first kappa shape index (κ1) is 23.7. The van der Waals surface area contributed by atoms with Gasteiger partial charge in [-0.3, -0.25) is 14.3 Å². The van der Waals surface area contributed by atoms with E-state index in [1.165, 1.54) is 11.8 Å². The highest BCUT2D eigenvalue weighted by molar-refractivity contribution is 8.00. The summed E-state index contributed by atoms with van der Waals surface area (Å²) in [5.74, 6) is -0.700. The number of pyridine rings is 1. The van der Waals surface area contributed by atoms with Crippen LogP contribution >= 0.6 is 11.8 Å². The van der Waals surface area contributed by atoms with Gasteiger partial charge in [-0.1, -0.05) is 30.0 Å². The summed E-state index contributed by atoms with van der Waals surface area (Å²) in [5, 5.41) is 3.39. The number of esters is 1. The van der Waals surface area contributed by atoms with E-state index in [1.807, 2.05) is 12.1 Å². The van der Waals surface area contributed by atoms with E-state index in [2.05, 4.69) is 15.3 Å². The van der Waals surface area contributed by atoms with E-state index in [0.717, 1.165) is 42.5 Å². The van der Waals surface area contributed by atoms with Crippen molar-refractivity contribution < 1.29 is 14.3 Å². The molecule has 1 N–H and O–H groups in total. The zero-order valence-corrected chi connectivity index (χ0v) is 19.8. The maximum atomic E-state index is 12.9. The van der Waals surface area contributed by atoms with Gasteiger partial charge < -0.3 is 10.1 Å². The van der Waals surface area contributed by atoms with E-state index in [9.17, 15) is 14.4 Å². The summed E-state index contributed by atoms with van der Waals surface area (Å²) in [4.78, 5) is 46.2. The van der Waals surface area contributed by atoms with Gasteiger partial charge in [0.25, 0.3) is 0 Å². The Morgan fingerprint density at radius 2 is 1.97 bits per heavy atom. The lowest BCUT2D eigenvalue weighted by atomic mass is 9.97. The van der Waals surface area contributed by atoms with Crippen LogP contribution in [0.2, 0.25) is 0 Å². The predicted molar refractivity (Wildman–Crippen MR) is 130 cm³/mol. The molecule has 0 bridgehead atoms. The van der Waals surface area contributed by atoms with Crippen molar-refractivity contribution in [1.82, 2.24) is 14.5 Å². The van der Waals surface area contributed by atoms with E-state index in [-0.39, 0.29) is 24.0 Å². The average molecular weight is 479 g/mol. The molecule has 2 heterocycles. The van der Waals surface area contributed by atoms with Crippen molar-refractivity contribution in [3.8, 4) is 0 Å². The van der Waals surface area contributed by atoms with Gasteiger partial charge >= 0.3 is 11.7 Å². The number of fused-ring (bicyclic) bond motifs is 1. The van der Waals surface area contributed by atoms with Crippen LogP contribution < -0.4 is 11.0 Å². The molecule has 0 fully saturated rings. The quantitative estimate of drug-likeness (QED) is 0.300. The molecule has 1 aliphatic rings. The number of hydrogen-bond donors (Lipinski definition) is 1. The maximum Gasteiger partial charge on any atom is 0.349 e. The molecule has 1 aliphatic carbocycles. The van der Waals surface area contributed by atoms with Crippen LogP contribution in [0.3, 0.4) is 0 Å². The minimum atomic E-state index is -0.487. The summed E-state index contributed by atoms with van der Waals surface area (Å²) in [6.07, 6.45) is 7.12. The smallest absolute Gasteiger partial charge is 0.349 e. The second-order valence-corrected chi connectivity index (χ2v) is 8.85. The molecule has 8 nitrogen and oxygen atoms in total. The van der Waals surface area contributed by atoms with E-state index in [1.54, 1.807) is 48.1 Å². The zero-order valence-electron chi connectivity index (χ0n) is 19.0. The molecule has 176 valence electrons. The highest BCUT2D eigenvalue weighted by atomic mass is 32.2. The number of aromatic nitrogens is 3. The van der Waals surface area contributed by atoms with Gasteiger partial charge in [0.15, 0.2) is 0 Å². The van der Waals surface area contributed by atoms with Crippen molar-refractivity contribution in [1.29, 1.82) is 0 Å². The minimum absolute atomic E-state index is 0.0721. The molecule has 9 heteroatoms. The lowest BCUT2D eigenvalue weighted by molar-refractivity contribution is -0.113. The zero-order chi connectivity index (χ0) is 23.9. The van der Waals surface area contributed by atoms with Crippen molar-refractivity contribution in [2.75, 3.05) is 17.7 Å². The number of rotatable bonds is 8. The monoisotopic (exact) mass is 478 g/mol. The number of ether oxygens (including phenoxy) is 1. The predicted octanol–water partition coefficient (Wildman–Crippen LogP) is 3.47. The van der Waals surface area contributed by atoms with E-state index >= 15 is 0 Å². The Morgan fingerprint density at radius 3 is 2.76 bits per heavy atom. The lowest BCUT2D eigenvalue weighted by Gasteiger charge is -2.22. The normalized spacial score (nSPS) is 12.6. The Hall–Kier alpha value is -3.46. The molecule has 0 aliphatic heterocycles. The van der Waals surface area contributed by atoms with Crippen molar-refractivity contribution in [2.24, 2.45) is 0 Å². The standard InChI is InChI=1S/C25H26N4O4S/c1-2-33-24(31)18-9-3-5-11-20(18)27-22(30)16-34-23-19-10-4-6-12-21(19)29(25(32)28-23)15-17-8-7-13-26-14-17/h3,5,7-9,11,13-14H,2,4,6,10,12,15-16H2,1H3,(H,27,30). The largest absolute Gasteiger partial charge is 0.462 e. The molecule has 0 atom stereocenters. The second kappa shape index (κ2) is 11.1. The number of benzene rings is 1. The Balaban J connectivity index is 1.51. The van der Waals surface area contributed by atoms with Gasteiger partial charge in [-0.2, -0.15) is 4.98 Å². The summed E-state index contributed by atoms with van der Waals surface area (Å²) in [5.41, 5.74) is 3.36. The van der Waals surface area contributed by atoms with Crippen molar-refractivity contribution in [3.63, 3.8) is 0 Å². The third-order valence-corrected chi connectivity index (χ3v) is 6.57. The summed E-state index contributed by atoms with van der Waals surface area (Å²) < 4.78 is 6.79. The first-order valence-corrected chi connectivity index (χ1v) is 12.3. The highest BCUT2D eigenvalue weighted by Gasteiger charge is 2.22. The molecule has 2 aromatic heterocycles. The third-order valence-electron chi connectivity index (χ3n) is 5.55. The van der Waals surface area contributed by atoms with E-state index in [4.69, 9.17) is 4.74 Å². The molecule has 0 unspecified atom stereocenters. The lowest BCUT2D eigenvalue weighted by Crippen LogP contribution is -2.31. The number of nitrogens with zero attached hydrogens (tertiary/aromatic N) is 3. The molecule has 34 heavy (non-hydrogen) atoms. The second-order valence-electron chi connectivity index (χ2n) is 7.88. The molecule has 0 saturated carbocycles. The van der Waals surface area contributed by atoms with Gasteiger partial charge in [-0.15, -0.1) is 0 Å². The van der Waals surface area contributed by atoms with Crippen LogP contribution in [0, 0.1) is 0 Å². The molecular weight excluding hydrogens is 452 g/mol. The molecule has 1 amide bonds. The average Bonchev–Trinajstić information content (AvgIpc) is 2.86. The van der Waals surface area contributed by atoms with Crippen LogP contribution in [0.15, 0.2) is 58.6 Å². The van der Waals surface area contributed by atoms with Crippen LogP contribution in [0.25, 0.3) is 0 Å². The fourth-order valence-electron chi connectivity index (χ4n) is 4.00. The van der Waals surface area contributed by atoms with Crippen LogP contribution in [-0.4, -0.2) is 38.8 Å². The van der Waals surface area contributed by atoms with Gasteiger partial charge in [0.1, 0.15) is 5.03 Å². The van der Waals surface area contributed by atoms with Gasteiger partial charge in [-0.25, -0.2) is 9.59 Å². The first-order valence-electron chi connectivity index (χ1n) is 11.3. The number of hydrogen-bond acceptors (Lipinski definition) is 7. The highest BCUT2D eigenvalue weighted by Crippen LogP contribution is 2.29. The summed E-state index contributed by atoms with van der Waals surface area (Å²) in [6.45, 7) is 2.41. The number of carbonyl (C=O) groups excluding carboxylic acids is 2. The van der Waals surface area contributed by atoms with Crippen molar-refractivity contribution in [3.05, 3.63) is 81.7 Å². The molecule has 0 saturated heterocycles. The number of thioether (sulfide) groups is 1. The maximum absolute atomic E-state index is 12.9.